The Kier molecular flexibility index (Phi) is 5.57. The van der Waals surface area contributed by atoms with Crippen LogP contribution in [0.2, 0.25) is 15.1 Å². The van der Waals surface area contributed by atoms with Gasteiger partial charge in [0.25, 0.3) is 5.91 Å². The van der Waals surface area contributed by atoms with E-state index in [4.69, 9.17) is 39.5 Å². The number of anilines is 1. The minimum atomic E-state index is -0.687. The number of carbonyl (C=O) groups is 1. The fraction of sp³-hybridized carbons (Fsp3) is 0.188. The van der Waals surface area contributed by atoms with Gasteiger partial charge in [0.1, 0.15) is 5.75 Å². The molecule has 2 aromatic rings. The SMILES string of the molecule is Cc1ccc(O[C@H](C)C(=O)Nc2cc(Cl)c(Cl)cc2Cl)cc1. The number of hydrogen-bond acceptors (Lipinski definition) is 2. The third kappa shape index (κ3) is 4.29. The molecule has 22 heavy (non-hydrogen) atoms. The zero-order chi connectivity index (χ0) is 16.3. The summed E-state index contributed by atoms with van der Waals surface area (Å²) in [6.07, 6.45) is -0.687. The first-order valence-corrected chi connectivity index (χ1v) is 7.69. The maximum Gasteiger partial charge on any atom is 0.265 e. The van der Waals surface area contributed by atoms with E-state index in [1.54, 1.807) is 6.92 Å². The molecule has 0 radical (unpaired) electrons. The lowest BCUT2D eigenvalue weighted by molar-refractivity contribution is -0.122. The van der Waals surface area contributed by atoms with E-state index in [0.717, 1.165) is 5.56 Å². The van der Waals surface area contributed by atoms with E-state index in [1.807, 2.05) is 31.2 Å². The number of halogens is 3. The Bertz CT molecular complexity index is 687. The van der Waals surface area contributed by atoms with Crippen LogP contribution in [0.25, 0.3) is 0 Å². The summed E-state index contributed by atoms with van der Waals surface area (Å²) in [6, 6.07) is 10.4. The van der Waals surface area contributed by atoms with Gasteiger partial charge < -0.3 is 10.1 Å². The molecule has 6 heteroatoms. The molecule has 116 valence electrons. The van der Waals surface area contributed by atoms with Gasteiger partial charge >= 0.3 is 0 Å². The van der Waals surface area contributed by atoms with Crippen molar-refractivity contribution >= 4 is 46.4 Å². The molecular weight excluding hydrogens is 345 g/mol. The largest absolute Gasteiger partial charge is 0.481 e. The van der Waals surface area contributed by atoms with Gasteiger partial charge in [0, 0.05) is 0 Å². The van der Waals surface area contributed by atoms with Crippen molar-refractivity contribution < 1.29 is 9.53 Å². The molecule has 0 saturated carbocycles. The van der Waals surface area contributed by atoms with E-state index in [9.17, 15) is 4.79 Å². The monoisotopic (exact) mass is 357 g/mol. The number of benzene rings is 2. The molecule has 1 atom stereocenters. The Morgan fingerprint density at radius 1 is 1.05 bits per heavy atom. The lowest BCUT2D eigenvalue weighted by Crippen LogP contribution is -2.30. The van der Waals surface area contributed by atoms with E-state index in [-0.39, 0.29) is 5.91 Å². The molecule has 0 bridgehead atoms. The standard InChI is InChI=1S/C16H14Cl3NO2/c1-9-3-5-11(6-4-9)22-10(2)16(21)20-15-8-13(18)12(17)7-14(15)19/h3-8,10H,1-2H3,(H,20,21)/t10-/m1/s1. The van der Waals surface area contributed by atoms with Crippen LogP contribution in [-0.2, 0) is 4.79 Å². The fourth-order valence-corrected chi connectivity index (χ4v) is 2.32. The second kappa shape index (κ2) is 7.23. The zero-order valence-electron chi connectivity index (χ0n) is 12.0. The third-order valence-electron chi connectivity index (χ3n) is 2.97. The molecule has 0 aliphatic carbocycles. The first-order valence-electron chi connectivity index (χ1n) is 6.55. The highest BCUT2D eigenvalue weighted by Gasteiger charge is 2.17. The average Bonchev–Trinajstić information content (AvgIpc) is 2.47. The molecule has 3 nitrogen and oxygen atoms in total. The van der Waals surface area contributed by atoms with Crippen LogP contribution >= 0.6 is 34.8 Å². The molecule has 0 spiro atoms. The summed E-state index contributed by atoms with van der Waals surface area (Å²) in [5.74, 6) is 0.286. The Morgan fingerprint density at radius 3 is 2.27 bits per heavy atom. The van der Waals surface area contributed by atoms with Gasteiger partial charge in [-0.05, 0) is 38.1 Å². The molecule has 0 aliphatic heterocycles. The molecule has 0 saturated heterocycles. The van der Waals surface area contributed by atoms with E-state index < -0.39 is 6.10 Å². The topological polar surface area (TPSA) is 38.3 Å². The normalized spacial score (nSPS) is 11.9. The van der Waals surface area contributed by atoms with Crippen molar-refractivity contribution in [1.29, 1.82) is 0 Å². The molecule has 1 N–H and O–H groups in total. The highest BCUT2D eigenvalue weighted by atomic mass is 35.5. The summed E-state index contributed by atoms with van der Waals surface area (Å²) in [7, 11) is 0. The number of ether oxygens (including phenoxy) is 1. The summed E-state index contributed by atoms with van der Waals surface area (Å²) >= 11 is 17.8. The van der Waals surface area contributed by atoms with Crippen LogP contribution in [0, 0.1) is 6.92 Å². The van der Waals surface area contributed by atoms with Gasteiger partial charge in [-0.15, -0.1) is 0 Å². The molecular formula is C16H14Cl3NO2. The number of carbonyl (C=O) groups excluding carboxylic acids is 1. The molecule has 0 fully saturated rings. The fourth-order valence-electron chi connectivity index (χ4n) is 1.73. The maximum atomic E-state index is 12.2. The van der Waals surface area contributed by atoms with Gasteiger partial charge in [0.15, 0.2) is 6.10 Å². The number of amides is 1. The van der Waals surface area contributed by atoms with Gasteiger partial charge in [-0.25, -0.2) is 0 Å². The van der Waals surface area contributed by atoms with Crippen molar-refractivity contribution in [3.8, 4) is 5.75 Å². The van der Waals surface area contributed by atoms with E-state index in [1.165, 1.54) is 12.1 Å². The molecule has 0 aromatic heterocycles. The van der Waals surface area contributed by atoms with E-state index >= 15 is 0 Å². The minimum Gasteiger partial charge on any atom is -0.481 e. The van der Waals surface area contributed by atoms with Crippen LogP contribution < -0.4 is 10.1 Å². The summed E-state index contributed by atoms with van der Waals surface area (Å²) in [5, 5.41) is 3.62. The lowest BCUT2D eigenvalue weighted by Gasteiger charge is -2.16. The minimum absolute atomic E-state index is 0.310. The molecule has 0 unspecified atom stereocenters. The van der Waals surface area contributed by atoms with Crippen molar-refractivity contribution in [3.63, 3.8) is 0 Å². The molecule has 2 rings (SSSR count). The predicted octanol–water partition coefficient (Wildman–Crippen LogP) is 5.36. The molecule has 0 heterocycles. The van der Waals surface area contributed by atoms with Crippen molar-refractivity contribution in [3.05, 3.63) is 57.0 Å². The Morgan fingerprint density at radius 2 is 1.64 bits per heavy atom. The van der Waals surface area contributed by atoms with Crippen molar-refractivity contribution in [2.75, 3.05) is 5.32 Å². The Labute approximate surface area is 144 Å². The predicted molar refractivity (Wildman–Crippen MR) is 91.4 cm³/mol. The zero-order valence-corrected chi connectivity index (χ0v) is 14.3. The van der Waals surface area contributed by atoms with Crippen molar-refractivity contribution in [2.45, 2.75) is 20.0 Å². The van der Waals surface area contributed by atoms with Crippen molar-refractivity contribution in [1.82, 2.24) is 0 Å². The lowest BCUT2D eigenvalue weighted by atomic mass is 10.2. The van der Waals surface area contributed by atoms with Gasteiger partial charge in [-0.2, -0.15) is 0 Å². The first-order chi connectivity index (χ1) is 10.4. The number of rotatable bonds is 4. The quantitative estimate of drug-likeness (QED) is 0.747. The second-order valence-corrected chi connectivity index (χ2v) is 6.03. The Hall–Kier alpha value is -1.42. The number of nitrogens with one attached hydrogen (secondary N) is 1. The summed E-state index contributed by atoms with van der Waals surface area (Å²) in [6.45, 7) is 3.63. The second-order valence-electron chi connectivity index (χ2n) is 4.81. The summed E-state index contributed by atoms with van der Waals surface area (Å²) < 4.78 is 5.58. The smallest absolute Gasteiger partial charge is 0.265 e. The Balaban J connectivity index is 2.05. The van der Waals surface area contributed by atoms with Crippen LogP contribution in [0.15, 0.2) is 36.4 Å². The van der Waals surface area contributed by atoms with Crippen molar-refractivity contribution in [2.24, 2.45) is 0 Å². The van der Waals surface area contributed by atoms with Crippen LogP contribution in [0.3, 0.4) is 0 Å². The van der Waals surface area contributed by atoms with Gasteiger partial charge in [-0.3, -0.25) is 4.79 Å². The molecule has 2 aromatic carbocycles. The third-order valence-corrected chi connectivity index (χ3v) is 4.01. The first kappa shape index (κ1) is 16.9. The van der Waals surface area contributed by atoms with Gasteiger partial charge in [-0.1, -0.05) is 52.5 Å². The average molecular weight is 359 g/mol. The van der Waals surface area contributed by atoms with Crippen LogP contribution in [-0.4, -0.2) is 12.0 Å². The van der Waals surface area contributed by atoms with Gasteiger partial charge in [0.2, 0.25) is 0 Å². The van der Waals surface area contributed by atoms with E-state index in [2.05, 4.69) is 5.32 Å². The van der Waals surface area contributed by atoms with Crippen LogP contribution in [0.4, 0.5) is 5.69 Å². The van der Waals surface area contributed by atoms with Crippen LogP contribution in [0.1, 0.15) is 12.5 Å². The van der Waals surface area contributed by atoms with Crippen LogP contribution in [0.5, 0.6) is 5.75 Å². The highest BCUT2D eigenvalue weighted by molar-refractivity contribution is 6.44. The molecule has 0 aliphatic rings. The number of aryl methyl sites for hydroxylation is 1. The van der Waals surface area contributed by atoms with E-state index in [0.29, 0.717) is 26.5 Å². The maximum absolute atomic E-state index is 12.2. The summed E-state index contributed by atoms with van der Waals surface area (Å²) in [4.78, 5) is 12.2. The molecule has 1 amide bonds. The summed E-state index contributed by atoms with van der Waals surface area (Å²) in [5.41, 5.74) is 1.51. The number of hydrogen-bond donors (Lipinski definition) is 1. The highest BCUT2D eigenvalue weighted by Crippen LogP contribution is 2.32. The van der Waals surface area contributed by atoms with Gasteiger partial charge in [0.05, 0.1) is 20.8 Å².